The van der Waals surface area contributed by atoms with Gasteiger partial charge in [0.05, 0.1) is 6.04 Å². The molecule has 3 nitrogen and oxygen atoms in total. The highest BCUT2D eigenvalue weighted by molar-refractivity contribution is 7.99. The van der Waals surface area contributed by atoms with Crippen molar-refractivity contribution in [3.8, 4) is 0 Å². The number of nitrogens with one attached hydrogen (secondary N) is 1. The average Bonchev–Trinajstić information content (AvgIpc) is 2.27. The van der Waals surface area contributed by atoms with Crippen LogP contribution in [0.1, 0.15) is 19.3 Å². The molecule has 0 spiro atoms. The van der Waals surface area contributed by atoms with E-state index in [-0.39, 0.29) is 5.91 Å². The van der Waals surface area contributed by atoms with Crippen LogP contribution in [-0.4, -0.2) is 30.0 Å². The van der Waals surface area contributed by atoms with Gasteiger partial charge < -0.3 is 11.1 Å². The third kappa shape index (κ3) is 4.71. The van der Waals surface area contributed by atoms with Crippen molar-refractivity contribution in [2.75, 3.05) is 18.1 Å². The number of carbonyl (C=O) groups is 1. The van der Waals surface area contributed by atoms with Gasteiger partial charge in [0.15, 0.2) is 0 Å². The van der Waals surface area contributed by atoms with Crippen LogP contribution in [0.15, 0.2) is 12.7 Å². The Hall–Kier alpha value is -0.480. The lowest BCUT2D eigenvalue weighted by atomic mass is 10.0. The van der Waals surface area contributed by atoms with Gasteiger partial charge in [0, 0.05) is 6.54 Å². The van der Waals surface area contributed by atoms with E-state index in [2.05, 4.69) is 11.9 Å². The summed E-state index contributed by atoms with van der Waals surface area (Å²) in [5.74, 6) is 3.04. The first kappa shape index (κ1) is 12.6. The van der Waals surface area contributed by atoms with Gasteiger partial charge in [-0.05, 0) is 36.7 Å². The Labute approximate surface area is 95.9 Å². The molecule has 1 amide bonds. The number of rotatable bonds is 5. The minimum Gasteiger partial charge on any atom is -0.354 e. The second-order valence-electron chi connectivity index (χ2n) is 3.93. The second-order valence-corrected chi connectivity index (χ2v) is 5.16. The molecule has 3 N–H and O–H groups in total. The molecule has 1 saturated heterocycles. The monoisotopic (exact) mass is 228 g/mol. The first-order chi connectivity index (χ1) is 7.24. The molecule has 0 aromatic carbocycles. The fraction of sp³-hybridized carbons (Fsp3) is 0.727. The minimum atomic E-state index is -0.430. The molecule has 0 aliphatic carbocycles. The number of thioether (sulfide) groups is 1. The molecule has 1 fully saturated rings. The van der Waals surface area contributed by atoms with Crippen molar-refractivity contribution in [1.29, 1.82) is 0 Å². The lowest BCUT2D eigenvalue weighted by molar-refractivity contribution is -0.122. The Morgan fingerprint density at radius 2 is 2.27 bits per heavy atom. The van der Waals surface area contributed by atoms with Crippen molar-refractivity contribution in [1.82, 2.24) is 5.32 Å². The average molecular weight is 228 g/mol. The zero-order chi connectivity index (χ0) is 11.1. The smallest absolute Gasteiger partial charge is 0.237 e. The van der Waals surface area contributed by atoms with Crippen LogP contribution in [0.25, 0.3) is 0 Å². The Bertz CT molecular complexity index is 215. The Balaban J connectivity index is 2.17. The van der Waals surface area contributed by atoms with Gasteiger partial charge in [-0.2, -0.15) is 11.8 Å². The molecule has 1 aliphatic heterocycles. The summed E-state index contributed by atoms with van der Waals surface area (Å²) in [6.45, 7) is 4.35. The van der Waals surface area contributed by atoms with Gasteiger partial charge in [-0.25, -0.2) is 0 Å². The highest BCUT2D eigenvalue weighted by Gasteiger charge is 2.16. The van der Waals surface area contributed by atoms with Gasteiger partial charge in [0.1, 0.15) is 0 Å². The zero-order valence-corrected chi connectivity index (χ0v) is 9.89. The van der Waals surface area contributed by atoms with Gasteiger partial charge in [-0.3, -0.25) is 4.79 Å². The maximum atomic E-state index is 11.5. The minimum absolute atomic E-state index is 0.0480. The Kier molecular flexibility index (Phi) is 5.79. The van der Waals surface area contributed by atoms with E-state index in [4.69, 9.17) is 5.73 Å². The number of hydrogen-bond acceptors (Lipinski definition) is 3. The predicted molar refractivity (Wildman–Crippen MR) is 65.8 cm³/mol. The molecule has 1 heterocycles. The topological polar surface area (TPSA) is 55.1 Å². The van der Waals surface area contributed by atoms with E-state index in [1.165, 1.54) is 24.3 Å². The normalized spacial score (nSPS) is 19.5. The molecule has 0 bridgehead atoms. The summed E-state index contributed by atoms with van der Waals surface area (Å²) in [5.41, 5.74) is 5.66. The lowest BCUT2D eigenvalue weighted by Crippen LogP contribution is -2.42. The van der Waals surface area contributed by atoms with Gasteiger partial charge in [-0.1, -0.05) is 6.08 Å². The highest BCUT2D eigenvalue weighted by atomic mass is 32.2. The summed E-state index contributed by atoms with van der Waals surface area (Å²) >= 11 is 2.00. The predicted octanol–water partition coefficient (Wildman–Crippen LogP) is 1.15. The largest absolute Gasteiger partial charge is 0.354 e. The van der Waals surface area contributed by atoms with E-state index >= 15 is 0 Å². The maximum Gasteiger partial charge on any atom is 0.237 e. The van der Waals surface area contributed by atoms with Crippen LogP contribution in [-0.2, 0) is 4.79 Å². The maximum absolute atomic E-state index is 11.5. The van der Waals surface area contributed by atoms with Crippen molar-refractivity contribution in [2.45, 2.75) is 25.3 Å². The van der Waals surface area contributed by atoms with Crippen LogP contribution in [0.4, 0.5) is 0 Å². The van der Waals surface area contributed by atoms with Crippen LogP contribution in [0.5, 0.6) is 0 Å². The number of nitrogens with two attached hydrogens (primary N) is 1. The fourth-order valence-electron chi connectivity index (χ4n) is 1.61. The molecular weight excluding hydrogens is 208 g/mol. The molecule has 86 valence electrons. The van der Waals surface area contributed by atoms with E-state index in [0.29, 0.717) is 12.3 Å². The van der Waals surface area contributed by atoms with Gasteiger partial charge in [0.25, 0.3) is 0 Å². The summed E-state index contributed by atoms with van der Waals surface area (Å²) < 4.78 is 0. The summed E-state index contributed by atoms with van der Waals surface area (Å²) in [5, 5.41) is 2.92. The van der Waals surface area contributed by atoms with Crippen molar-refractivity contribution in [3.63, 3.8) is 0 Å². The first-order valence-electron chi connectivity index (χ1n) is 5.46. The van der Waals surface area contributed by atoms with Gasteiger partial charge in [-0.15, -0.1) is 6.58 Å². The van der Waals surface area contributed by atoms with Crippen LogP contribution >= 0.6 is 11.8 Å². The van der Waals surface area contributed by atoms with Gasteiger partial charge >= 0.3 is 0 Å². The Morgan fingerprint density at radius 1 is 1.60 bits per heavy atom. The molecule has 15 heavy (non-hydrogen) atoms. The first-order valence-corrected chi connectivity index (χ1v) is 6.61. The lowest BCUT2D eigenvalue weighted by Gasteiger charge is -2.22. The summed E-state index contributed by atoms with van der Waals surface area (Å²) in [6.07, 6.45) is 4.65. The standard InChI is InChI=1S/C11H20N2OS/c1-2-3-10(12)11(14)13-8-9-4-6-15-7-5-9/h2,9-10H,1,3-8,12H2,(H,13,14). The van der Waals surface area contributed by atoms with Crippen molar-refractivity contribution in [3.05, 3.63) is 12.7 Å². The summed E-state index contributed by atoms with van der Waals surface area (Å²) in [7, 11) is 0. The van der Waals surface area contributed by atoms with Crippen molar-refractivity contribution >= 4 is 17.7 Å². The third-order valence-corrected chi connectivity index (χ3v) is 3.71. The van der Waals surface area contributed by atoms with Crippen LogP contribution in [0.3, 0.4) is 0 Å². The highest BCUT2D eigenvalue weighted by Crippen LogP contribution is 2.21. The van der Waals surface area contributed by atoms with E-state index in [0.717, 1.165) is 6.54 Å². The van der Waals surface area contributed by atoms with Crippen molar-refractivity contribution in [2.24, 2.45) is 11.7 Å². The van der Waals surface area contributed by atoms with E-state index in [1.807, 2.05) is 11.8 Å². The van der Waals surface area contributed by atoms with E-state index in [9.17, 15) is 4.79 Å². The SMILES string of the molecule is C=CCC(N)C(=O)NCC1CCSCC1. The number of carbonyl (C=O) groups excluding carboxylic acids is 1. The molecule has 1 aliphatic rings. The van der Waals surface area contributed by atoms with Crippen LogP contribution < -0.4 is 11.1 Å². The molecule has 1 unspecified atom stereocenters. The van der Waals surface area contributed by atoms with E-state index in [1.54, 1.807) is 6.08 Å². The molecule has 0 radical (unpaired) electrons. The van der Waals surface area contributed by atoms with Gasteiger partial charge in [0.2, 0.25) is 5.91 Å². The molecule has 0 saturated carbocycles. The van der Waals surface area contributed by atoms with Crippen LogP contribution in [0.2, 0.25) is 0 Å². The third-order valence-electron chi connectivity index (χ3n) is 2.66. The quantitative estimate of drug-likeness (QED) is 0.694. The molecular formula is C11H20N2OS. The molecule has 0 aromatic rings. The number of hydrogen-bond donors (Lipinski definition) is 2. The van der Waals surface area contributed by atoms with Crippen molar-refractivity contribution < 1.29 is 4.79 Å². The fourth-order valence-corrected chi connectivity index (χ4v) is 2.82. The summed E-state index contributed by atoms with van der Waals surface area (Å²) in [6, 6.07) is -0.430. The molecule has 1 rings (SSSR count). The Morgan fingerprint density at radius 3 is 2.87 bits per heavy atom. The number of amides is 1. The summed E-state index contributed by atoms with van der Waals surface area (Å²) in [4.78, 5) is 11.5. The van der Waals surface area contributed by atoms with Crippen LogP contribution in [0, 0.1) is 5.92 Å². The second kappa shape index (κ2) is 6.90. The molecule has 4 heteroatoms. The zero-order valence-electron chi connectivity index (χ0n) is 9.08. The van der Waals surface area contributed by atoms with E-state index < -0.39 is 6.04 Å². The molecule has 1 atom stereocenters. The molecule has 0 aromatic heterocycles.